The van der Waals surface area contributed by atoms with Gasteiger partial charge in [0.25, 0.3) is 0 Å². The van der Waals surface area contributed by atoms with Crippen molar-refractivity contribution in [2.45, 2.75) is 58.2 Å². The Morgan fingerprint density at radius 1 is 1.30 bits per heavy atom. The number of aromatic nitrogens is 3. The number of alkyl halides is 3. The molecule has 3 rings (SSSR count). The van der Waals surface area contributed by atoms with Gasteiger partial charge in [-0.1, -0.05) is 11.6 Å². The van der Waals surface area contributed by atoms with Gasteiger partial charge in [0.2, 0.25) is 5.88 Å². The zero-order valence-corrected chi connectivity index (χ0v) is 17.5. The molecule has 0 radical (unpaired) electrons. The molecular weight excluding hydrogens is 423 g/mol. The molecule has 2 heterocycles. The van der Waals surface area contributed by atoms with Crippen LogP contribution in [0, 0.1) is 5.41 Å². The lowest BCUT2D eigenvalue weighted by molar-refractivity contribution is -0.189. The quantitative estimate of drug-likeness (QED) is 0.421. The summed E-state index contributed by atoms with van der Waals surface area (Å²) in [4.78, 5) is 16.3. The summed E-state index contributed by atoms with van der Waals surface area (Å²) in [5, 5.41) is 4.04. The molecule has 0 aromatic carbocycles. The smallest absolute Gasteiger partial charge is 0.394 e. The molecule has 1 aliphatic rings. The minimum atomic E-state index is -4.59. The van der Waals surface area contributed by atoms with E-state index < -0.39 is 36.0 Å². The van der Waals surface area contributed by atoms with Crippen LogP contribution in [0.15, 0.2) is 24.4 Å². The van der Waals surface area contributed by atoms with Gasteiger partial charge in [-0.15, -0.1) is 5.10 Å². The number of halogens is 4. The van der Waals surface area contributed by atoms with Crippen LogP contribution in [0.25, 0.3) is 5.82 Å². The van der Waals surface area contributed by atoms with Crippen LogP contribution in [0.5, 0.6) is 5.88 Å². The number of pyridine rings is 1. The van der Waals surface area contributed by atoms with Gasteiger partial charge in [-0.05, 0) is 58.5 Å². The second-order valence-electron chi connectivity index (χ2n) is 7.96. The van der Waals surface area contributed by atoms with E-state index in [9.17, 15) is 18.0 Å². The fourth-order valence-electron chi connectivity index (χ4n) is 2.68. The van der Waals surface area contributed by atoms with E-state index in [-0.39, 0.29) is 41.9 Å². The monoisotopic (exact) mass is 447 g/mol. The number of esters is 1. The van der Waals surface area contributed by atoms with Crippen molar-refractivity contribution in [1.82, 2.24) is 14.8 Å². The SMILES string of the molecule is [2H]C([2H])(CCOc1ccn(-c2ccc(C(=O)OC(C)(C)C)c(Cl)n2)n1)C1(C(F)(F)F)CC1. The third kappa shape index (κ3) is 5.24. The van der Waals surface area contributed by atoms with Gasteiger partial charge >= 0.3 is 12.1 Å². The van der Waals surface area contributed by atoms with E-state index in [0.29, 0.717) is 0 Å². The summed E-state index contributed by atoms with van der Waals surface area (Å²) in [7, 11) is 0. The molecule has 164 valence electrons. The van der Waals surface area contributed by atoms with Crippen molar-refractivity contribution in [2.75, 3.05) is 6.61 Å². The van der Waals surface area contributed by atoms with E-state index in [1.54, 1.807) is 20.8 Å². The molecular formula is C20H23ClF3N3O3. The molecule has 1 fully saturated rings. The fraction of sp³-hybridized carbons (Fsp3) is 0.550. The molecule has 6 nitrogen and oxygen atoms in total. The molecule has 0 atom stereocenters. The predicted octanol–water partition coefficient (Wildman–Crippen LogP) is 5.38. The van der Waals surface area contributed by atoms with Crippen molar-refractivity contribution in [1.29, 1.82) is 0 Å². The maximum atomic E-state index is 13.2. The van der Waals surface area contributed by atoms with E-state index in [1.165, 1.54) is 29.1 Å². The van der Waals surface area contributed by atoms with Gasteiger partial charge in [0.1, 0.15) is 10.8 Å². The Hall–Kier alpha value is -2.29. The summed E-state index contributed by atoms with van der Waals surface area (Å²) in [5.41, 5.74) is -2.89. The van der Waals surface area contributed by atoms with E-state index in [4.69, 9.17) is 23.8 Å². The highest BCUT2D eigenvalue weighted by Gasteiger charge is 2.62. The van der Waals surface area contributed by atoms with E-state index >= 15 is 0 Å². The van der Waals surface area contributed by atoms with Crippen LogP contribution in [0.3, 0.4) is 0 Å². The highest BCUT2D eigenvalue weighted by atomic mass is 35.5. The molecule has 1 saturated carbocycles. The highest BCUT2D eigenvalue weighted by Crippen LogP contribution is 2.60. The summed E-state index contributed by atoms with van der Waals surface area (Å²) >= 11 is 6.11. The van der Waals surface area contributed by atoms with Gasteiger partial charge in [-0.3, -0.25) is 0 Å². The number of rotatable bonds is 7. The van der Waals surface area contributed by atoms with Gasteiger partial charge < -0.3 is 9.47 Å². The molecule has 0 unspecified atom stereocenters. The van der Waals surface area contributed by atoms with Crippen molar-refractivity contribution >= 4 is 17.6 Å². The first-order valence-corrected chi connectivity index (χ1v) is 9.69. The molecule has 10 heteroatoms. The molecule has 0 spiro atoms. The molecule has 2 aromatic heterocycles. The predicted molar refractivity (Wildman–Crippen MR) is 104 cm³/mol. The van der Waals surface area contributed by atoms with Crippen LogP contribution in [-0.2, 0) is 4.74 Å². The number of carbonyl (C=O) groups excluding carboxylic acids is 1. The summed E-state index contributed by atoms with van der Waals surface area (Å²) < 4.78 is 67.2. The average molecular weight is 448 g/mol. The fourth-order valence-corrected chi connectivity index (χ4v) is 2.91. The van der Waals surface area contributed by atoms with Crippen LogP contribution >= 0.6 is 11.6 Å². The van der Waals surface area contributed by atoms with Gasteiger partial charge in [-0.2, -0.15) is 13.2 Å². The molecule has 0 bridgehead atoms. The molecule has 2 aromatic rings. The minimum Gasteiger partial charge on any atom is -0.477 e. The Labute approximate surface area is 180 Å². The zero-order chi connectivity index (χ0) is 23.9. The van der Waals surface area contributed by atoms with Gasteiger partial charge in [0.15, 0.2) is 5.82 Å². The number of carbonyl (C=O) groups is 1. The number of nitrogens with zero attached hydrogens (tertiary/aromatic N) is 3. The van der Waals surface area contributed by atoms with Gasteiger partial charge in [0.05, 0.1) is 17.6 Å². The van der Waals surface area contributed by atoms with Crippen molar-refractivity contribution in [3.63, 3.8) is 0 Å². The van der Waals surface area contributed by atoms with Gasteiger partial charge in [-0.25, -0.2) is 14.5 Å². The lowest BCUT2D eigenvalue weighted by Gasteiger charge is -2.19. The molecule has 0 aliphatic heterocycles. The summed E-state index contributed by atoms with van der Waals surface area (Å²) in [6.45, 7) is 4.91. The molecule has 30 heavy (non-hydrogen) atoms. The average Bonchev–Trinajstić information content (AvgIpc) is 3.35. The maximum Gasteiger partial charge on any atom is 0.394 e. The number of ether oxygens (including phenoxy) is 2. The normalized spacial score (nSPS) is 17.2. The minimum absolute atomic E-state index is 0.0789. The first kappa shape index (κ1) is 19.7. The first-order valence-electron chi connectivity index (χ1n) is 10.3. The topological polar surface area (TPSA) is 66.2 Å². The Kier molecular flexibility index (Phi) is 5.30. The third-order valence-corrected chi connectivity index (χ3v) is 4.65. The largest absolute Gasteiger partial charge is 0.477 e. The van der Waals surface area contributed by atoms with Crippen LogP contribution in [-0.4, -0.2) is 39.1 Å². The van der Waals surface area contributed by atoms with Crippen LogP contribution in [0.2, 0.25) is 5.15 Å². The summed E-state index contributed by atoms with van der Waals surface area (Å²) in [6.07, 6.45) is -6.38. The van der Waals surface area contributed by atoms with Crippen molar-refractivity contribution in [3.05, 3.63) is 35.1 Å². The zero-order valence-electron chi connectivity index (χ0n) is 18.7. The Morgan fingerprint density at radius 3 is 2.57 bits per heavy atom. The summed E-state index contributed by atoms with van der Waals surface area (Å²) in [5.74, 6) is -0.249. The van der Waals surface area contributed by atoms with Crippen molar-refractivity contribution in [2.24, 2.45) is 5.41 Å². The standard InChI is InChI=1S/C20H23ClF3N3O3/c1-18(2,3)30-17(28)13-5-6-14(25-16(13)21)27-11-7-15(26-27)29-12-4-8-19(9-10-19)20(22,23)24/h5-7,11H,4,8-10,12H2,1-3H3/i8D2. The molecule has 0 amide bonds. The number of hydrogen-bond acceptors (Lipinski definition) is 5. The molecule has 0 saturated heterocycles. The second kappa shape index (κ2) is 8.09. The van der Waals surface area contributed by atoms with Crippen LogP contribution in [0.4, 0.5) is 13.2 Å². The Balaban J connectivity index is 1.63. The lowest BCUT2D eigenvalue weighted by Crippen LogP contribution is -2.24. The first-order chi connectivity index (χ1) is 14.7. The highest BCUT2D eigenvalue weighted by molar-refractivity contribution is 6.32. The van der Waals surface area contributed by atoms with E-state index in [0.717, 1.165) is 0 Å². The van der Waals surface area contributed by atoms with Crippen LogP contribution in [0.1, 0.15) is 59.5 Å². The summed E-state index contributed by atoms with van der Waals surface area (Å²) in [6, 6.07) is 4.41. The maximum absolute atomic E-state index is 13.2. The van der Waals surface area contributed by atoms with Gasteiger partial charge in [0, 0.05) is 15.0 Å². The molecule has 1 aliphatic carbocycles. The third-order valence-electron chi connectivity index (χ3n) is 4.36. The van der Waals surface area contributed by atoms with Crippen LogP contribution < -0.4 is 4.74 Å². The van der Waals surface area contributed by atoms with Crippen molar-refractivity contribution < 1.29 is 30.2 Å². The van der Waals surface area contributed by atoms with Crippen molar-refractivity contribution in [3.8, 4) is 11.7 Å². The Morgan fingerprint density at radius 2 is 2.00 bits per heavy atom. The molecule has 0 N–H and O–H groups in total. The van der Waals surface area contributed by atoms with E-state index in [2.05, 4.69) is 10.1 Å². The lowest BCUT2D eigenvalue weighted by atomic mass is 10.0. The van der Waals surface area contributed by atoms with E-state index in [1.807, 2.05) is 0 Å². The Bertz CT molecular complexity index is 1000. The second-order valence-corrected chi connectivity index (χ2v) is 8.32. The number of hydrogen-bond donors (Lipinski definition) is 0.